The smallest absolute Gasteiger partial charge is 0.244 e. The predicted octanol–water partition coefficient (Wildman–Crippen LogP) is 2.74. The minimum Gasteiger partial charge on any atom is -0.465 e. The maximum atomic E-state index is 11.7. The molecule has 2 aromatic rings. The van der Waals surface area contributed by atoms with Crippen molar-refractivity contribution in [3.05, 3.63) is 60.1 Å². The van der Waals surface area contributed by atoms with Crippen LogP contribution < -0.4 is 10.2 Å². The van der Waals surface area contributed by atoms with E-state index in [1.54, 1.807) is 29.4 Å². The Morgan fingerprint density at radius 2 is 2.09 bits per heavy atom. The van der Waals surface area contributed by atoms with Gasteiger partial charge in [-0.15, -0.1) is 0 Å². The molecule has 1 N–H and O–H groups in total. The molecule has 3 rings (SSSR count). The number of nitrogens with one attached hydrogen (secondary N) is 1. The highest BCUT2D eigenvalue weighted by molar-refractivity contribution is 5.95. The van der Waals surface area contributed by atoms with E-state index in [0.717, 1.165) is 24.2 Å². The average molecular weight is 310 g/mol. The number of hydrogen-bond donors (Lipinski definition) is 1. The molecule has 0 radical (unpaired) electrons. The molecule has 2 heterocycles. The van der Waals surface area contributed by atoms with Crippen LogP contribution in [-0.2, 0) is 16.1 Å². The number of carbonyl (C=O) groups is 2. The summed E-state index contributed by atoms with van der Waals surface area (Å²) in [5.74, 6) is 0.633. The summed E-state index contributed by atoms with van der Waals surface area (Å²) in [6.07, 6.45) is 6.16. The summed E-state index contributed by atoms with van der Waals surface area (Å²) in [6.45, 7) is 1.22. The Hall–Kier alpha value is -2.82. The van der Waals surface area contributed by atoms with Gasteiger partial charge in [0.2, 0.25) is 11.8 Å². The van der Waals surface area contributed by atoms with Gasteiger partial charge in [0.25, 0.3) is 0 Å². The SMILES string of the molecule is O=C(/C=C/c1ccco1)NCc1ccc(N2CCCC2=O)cc1. The van der Waals surface area contributed by atoms with Crippen molar-refractivity contribution in [1.82, 2.24) is 5.32 Å². The van der Waals surface area contributed by atoms with Gasteiger partial charge >= 0.3 is 0 Å². The molecule has 0 aliphatic carbocycles. The molecule has 118 valence electrons. The van der Waals surface area contributed by atoms with Crippen molar-refractivity contribution in [3.8, 4) is 0 Å². The third-order valence-corrected chi connectivity index (χ3v) is 3.73. The largest absolute Gasteiger partial charge is 0.465 e. The van der Waals surface area contributed by atoms with Gasteiger partial charge in [0.05, 0.1) is 6.26 Å². The summed E-state index contributed by atoms with van der Waals surface area (Å²) in [4.78, 5) is 25.2. The standard InChI is InChI=1S/C18H18N2O3/c21-17(10-9-16-3-2-12-23-16)19-13-14-5-7-15(8-6-14)20-11-1-4-18(20)22/h2-3,5-10,12H,1,4,11,13H2,(H,19,21)/b10-9+. The van der Waals surface area contributed by atoms with Crippen LogP contribution in [0, 0.1) is 0 Å². The second kappa shape index (κ2) is 6.96. The molecule has 0 unspecified atom stereocenters. The third kappa shape index (κ3) is 3.88. The number of rotatable bonds is 5. The zero-order valence-electron chi connectivity index (χ0n) is 12.7. The second-order valence-electron chi connectivity index (χ2n) is 5.38. The minimum absolute atomic E-state index is 0.175. The highest BCUT2D eigenvalue weighted by atomic mass is 16.3. The molecule has 1 aliphatic heterocycles. The van der Waals surface area contributed by atoms with E-state index in [4.69, 9.17) is 4.42 Å². The molecule has 0 spiro atoms. The van der Waals surface area contributed by atoms with Gasteiger partial charge in [-0.3, -0.25) is 9.59 Å². The fourth-order valence-corrected chi connectivity index (χ4v) is 2.51. The predicted molar refractivity (Wildman–Crippen MR) is 87.6 cm³/mol. The van der Waals surface area contributed by atoms with E-state index in [1.807, 2.05) is 24.3 Å². The fraction of sp³-hybridized carbons (Fsp3) is 0.222. The lowest BCUT2D eigenvalue weighted by Gasteiger charge is -2.15. The van der Waals surface area contributed by atoms with Gasteiger partial charge in [-0.05, 0) is 42.3 Å². The first kappa shape index (κ1) is 15.1. The number of nitrogens with zero attached hydrogens (tertiary/aromatic N) is 1. The first-order chi connectivity index (χ1) is 11.2. The van der Waals surface area contributed by atoms with Gasteiger partial charge in [0.15, 0.2) is 0 Å². The summed E-state index contributed by atoms with van der Waals surface area (Å²) in [6, 6.07) is 11.2. The highest BCUT2D eigenvalue weighted by Crippen LogP contribution is 2.21. The molecular weight excluding hydrogens is 292 g/mol. The molecule has 1 fully saturated rings. The van der Waals surface area contributed by atoms with Gasteiger partial charge in [0, 0.05) is 31.3 Å². The van der Waals surface area contributed by atoms with Crippen LogP contribution >= 0.6 is 0 Å². The lowest BCUT2D eigenvalue weighted by atomic mass is 10.2. The van der Waals surface area contributed by atoms with Crippen molar-refractivity contribution < 1.29 is 14.0 Å². The van der Waals surface area contributed by atoms with E-state index >= 15 is 0 Å². The zero-order chi connectivity index (χ0) is 16.1. The van der Waals surface area contributed by atoms with Crippen LogP contribution in [0.3, 0.4) is 0 Å². The van der Waals surface area contributed by atoms with Gasteiger partial charge in [-0.25, -0.2) is 0 Å². The average Bonchev–Trinajstić information content (AvgIpc) is 3.23. The Balaban J connectivity index is 1.52. The fourth-order valence-electron chi connectivity index (χ4n) is 2.51. The maximum Gasteiger partial charge on any atom is 0.244 e. The van der Waals surface area contributed by atoms with E-state index < -0.39 is 0 Å². The summed E-state index contributed by atoms with van der Waals surface area (Å²) < 4.78 is 5.12. The van der Waals surface area contributed by atoms with Crippen LogP contribution in [-0.4, -0.2) is 18.4 Å². The summed E-state index contributed by atoms with van der Waals surface area (Å²) >= 11 is 0. The van der Waals surface area contributed by atoms with Crippen LogP contribution in [0.4, 0.5) is 5.69 Å². The van der Waals surface area contributed by atoms with Crippen LogP contribution in [0.1, 0.15) is 24.2 Å². The molecule has 1 aromatic heterocycles. The summed E-state index contributed by atoms with van der Waals surface area (Å²) in [5.41, 5.74) is 1.90. The van der Waals surface area contributed by atoms with Gasteiger partial charge in [-0.1, -0.05) is 12.1 Å². The first-order valence-electron chi connectivity index (χ1n) is 7.61. The van der Waals surface area contributed by atoms with Crippen molar-refractivity contribution in [2.45, 2.75) is 19.4 Å². The van der Waals surface area contributed by atoms with Crippen molar-refractivity contribution in [2.75, 3.05) is 11.4 Å². The maximum absolute atomic E-state index is 11.7. The number of amides is 2. The molecule has 0 bridgehead atoms. The van der Waals surface area contributed by atoms with E-state index in [9.17, 15) is 9.59 Å². The van der Waals surface area contributed by atoms with Gasteiger partial charge < -0.3 is 14.6 Å². The van der Waals surface area contributed by atoms with Crippen LogP contribution in [0.2, 0.25) is 0 Å². The van der Waals surface area contributed by atoms with Crippen molar-refractivity contribution >= 4 is 23.6 Å². The molecule has 23 heavy (non-hydrogen) atoms. The Morgan fingerprint density at radius 3 is 2.74 bits per heavy atom. The Kier molecular flexibility index (Phi) is 4.57. The van der Waals surface area contributed by atoms with E-state index in [0.29, 0.717) is 18.7 Å². The zero-order valence-corrected chi connectivity index (χ0v) is 12.7. The molecule has 5 heteroatoms. The number of carbonyl (C=O) groups excluding carboxylic acids is 2. The lowest BCUT2D eigenvalue weighted by molar-refractivity contribution is -0.117. The molecule has 5 nitrogen and oxygen atoms in total. The van der Waals surface area contributed by atoms with E-state index in [-0.39, 0.29) is 11.8 Å². The molecule has 0 saturated carbocycles. The summed E-state index contributed by atoms with van der Waals surface area (Å²) in [7, 11) is 0. The number of benzene rings is 1. The highest BCUT2D eigenvalue weighted by Gasteiger charge is 2.21. The molecule has 0 atom stereocenters. The Morgan fingerprint density at radius 1 is 1.26 bits per heavy atom. The normalized spacial score (nSPS) is 14.6. The van der Waals surface area contributed by atoms with E-state index in [1.165, 1.54) is 6.08 Å². The lowest BCUT2D eigenvalue weighted by Crippen LogP contribution is -2.23. The van der Waals surface area contributed by atoms with Gasteiger partial charge in [-0.2, -0.15) is 0 Å². The van der Waals surface area contributed by atoms with E-state index in [2.05, 4.69) is 5.32 Å². The summed E-state index contributed by atoms with van der Waals surface area (Å²) in [5, 5.41) is 2.81. The van der Waals surface area contributed by atoms with Gasteiger partial charge in [0.1, 0.15) is 5.76 Å². The molecule has 2 amide bonds. The Bertz CT molecular complexity index is 702. The Labute approximate surface area is 134 Å². The van der Waals surface area contributed by atoms with Crippen molar-refractivity contribution in [1.29, 1.82) is 0 Å². The van der Waals surface area contributed by atoms with Crippen LogP contribution in [0.25, 0.3) is 6.08 Å². The molecule has 1 aromatic carbocycles. The second-order valence-corrected chi connectivity index (χ2v) is 5.38. The quantitative estimate of drug-likeness (QED) is 0.864. The number of hydrogen-bond acceptors (Lipinski definition) is 3. The van der Waals surface area contributed by atoms with Crippen molar-refractivity contribution in [3.63, 3.8) is 0 Å². The monoisotopic (exact) mass is 310 g/mol. The van der Waals surface area contributed by atoms with Crippen molar-refractivity contribution in [2.24, 2.45) is 0 Å². The molecular formula is C18H18N2O3. The van der Waals surface area contributed by atoms with Crippen LogP contribution in [0.15, 0.2) is 53.2 Å². The third-order valence-electron chi connectivity index (χ3n) is 3.73. The first-order valence-corrected chi connectivity index (χ1v) is 7.61. The van der Waals surface area contributed by atoms with Crippen LogP contribution in [0.5, 0.6) is 0 Å². The molecule has 1 aliphatic rings. The topological polar surface area (TPSA) is 62.6 Å². The number of anilines is 1. The molecule has 1 saturated heterocycles. The minimum atomic E-state index is -0.180. The number of furan rings is 1.